The Morgan fingerprint density at radius 2 is 1.94 bits per heavy atom. The van der Waals surface area contributed by atoms with Crippen molar-refractivity contribution < 1.29 is 0 Å². The van der Waals surface area contributed by atoms with E-state index in [0.717, 1.165) is 0 Å². The highest BCUT2D eigenvalue weighted by Gasteiger charge is 2.13. The first-order valence-corrected chi connectivity index (χ1v) is 6.59. The molecule has 0 spiro atoms. The minimum Gasteiger partial charge on any atom is -0.382 e. The maximum Gasteiger partial charge on any atom is 0.0345 e. The molecule has 88 valence electrons. The number of anilines is 1. The summed E-state index contributed by atoms with van der Waals surface area (Å²) in [4.78, 5) is 0. The van der Waals surface area contributed by atoms with Crippen molar-refractivity contribution in [2.45, 2.75) is 52.5 Å². The van der Waals surface area contributed by atoms with Crippen molar-refractivity contribution in [2.24, 2.45) is 5.92 Å². The van der Waals surface area contributed by atoms with Crippen LogP contribution in [0.4, 0.5) is 5.69 Å². The van der Waals surface area contributed by atoms with Crippen LogP contribution in [0.3, 0.4) is 0 Å². The molecule has 1 atom stereocenters. The Morgan fingerprint density at radius 3 is 2.62 bits per heavy atom. The molecule has 1 nitrogen and oxygen atoms in total. The van der Waals surface area contributed by atoms with Crippen LogP contribution < -0.4 is 5.32 Å². The molecular formula is C15H23N. The minimum absolute atomic E-state index is 0.597. The van der Waals surface area contributed by atoms with Crippen LogP contribution in [0.1, 0.15) is 44.7 Å². The smallest absolute Gasteiger partial charge is 0.0345 e. The van der Waals surface area contributed by atoms with E-state index in [1.165, 1.54) is 31.4 Å². The molecule has 0 amide bonds. The summed E-state index contributed by atoms with van der Waals surface area (Å²) < 4.78 is 0. The van der Waals surface area contributed by atoms with Gasteiger partial charge in [0, 0.05) is 11.7 Å². The van der Waals surface area contributed by atoms with E-state index in [1.54, 1.807) is 11.1 Å². The molecule has 0 saturated carbocycles. The maximum absolute atomic E-state index is 3.66. The molecule has 1 aromatic rings. The van der Waals surface area contributed by atoms with Crippen molar-refractivity contribution in [2.75, 3.05) is 5.32 Å². The Labute approximate surface area is 99.3 Å². The van der Waals surface area contributed by atoms with Crippen LogP contribution in [0, 0.1) is 5.92 Å². The standard InChI is InChI=1S/C15H23N/c1-4-15(11(2)3)16-14-9-8-12-6-5-7-13(12)10-14/h8-11,15-16H,4-7H2,1-3H3. The van der Waals surface area contributed by atoms with E-state index in [0.29, 0.717) is 12.0 Å². The summed E-state index contributed by atoms with van der Waals surface area (Å²) in [5, 5.41) is 3.66. The molecule has 0 fully saturated rings. The van der Waals surface area contributed by atoms with Crippen LogP contribution in [-0.4, -0.2) is 6.04 Å². The van der Waals surface area contributed by atoms with Gasteiger partial charge in [-0.3, -0.25) is 0 Å². The zero-order valence-corrected chi connectivity index (χ0v) is 10.7. The lowest BCUT2D eigenvalue weighted by Gasteiger charge is -2.22. The summed E-state index contributed by atoms with van der Waals surface area (Å²) in [5.74, 6) is 0.693. The van der Waals surface area contributed by atoms with Gasteiger partial charge in [-0.15, -0.1) is 0 Å². The number of benzene rings is 1. The zero-order chi connectivity index (χ0) is 11.5. The highest BCUT2D eigenvalue weighted by Crippen LogP contribution is 2.26. The average Bonchev–Trinajstić information content (AvgIpc) is 2.72. The molecule has 1 aliphatic rings. The summed E-state index contributed by atoms with van der Waals surface area (Å²) >= 11 is 0. The SMILES string of the molecule is CCC(Nc1ccc2c(c1)CCC2)C(C)C. The molecule has 0 saturated heterocycles. The summed E-state index contributed by atoms with van der Waals surface area (Å²) in [6.45, 7) is 6.83. The topological polar surface area (TPSA) is 12.0 Å². The first-order chi connectivity index (χ1) is 7.70. The molecule has 1 N–H and O–H groups in total. The van der Waals surface area contributed by atoms with Gasteiger partial charge in [-0.25, -0.2) is 0 Å². The number of fused-ring (bicyclic) bond motifs is 1. The third kappa shape index (κ3) is 2.40. The van der Waals surface area contributed by atoms with Gasteiger partial charge in [0.05, 0.1) is 0 Å². The Bertz CT molecular complexity index is 354. The number of hydrogen-bond donors (Lipinski definition) is 1. The molecule has 1 unspecified atom stereocenters. The van der Waals surface area contributed by atoms with Gasteiger partial charge in [0.15, 0.2) is 0 Å². The van der Waals surface area contributed by atoms with Gasteiger partial charge in [0.1, 0.15) is 0 Å². The fraction of sp³-hybridized carbons (Fsp3) is 0.600. The van der Waals surface area contributed by atoms with Gasteiger partial charge in [0.25, 0.3) is 0 Å². The van der Waals surface area contributed by atoms with Crippen LogP contribution in [-0.2, 0) is 12.8 Å². The van der Waals surface area contributed by atoms with Crippen molar-refractivity contribution in [3.05, 3.63) is 29.3 Å². The second-order valence-electron chi connectivity index (χ2n) is 5.24. The Balaban J connectivity index is 2.10. The van der Waals surface area contributed by atoms with Gasteiger partial charge in [0.2, 0.25) is 0 Å². The van der Waals surface area contributed by atoms with Gasteiger partial charge >= 0.3 is 0 Å². The number of aryl methyl sites for hydroxylation is 2. The molecular weight excluding hydrogens is 194 g/mol. The van der Waals surface area contributed by atoms with E-state index < -0.39 is 0 Å². The fourth-order valence-corrected chi connectivity index (χ4v) is 2.62. The molecule has 1 heteroatoms. The van der Waals surface area contributed by atoms with E-state index in [9.17, 15) is 0 Å². The summed E-state index contributed by atoms with van der Waals surface area (Å²) in [6.07, 6.45) is 5.06. The predicted molar refractivity (Wildman–Crippen MR) is 71.0 cm³/mol. The highest BCUT2D eigenvalue weighted by molar-refractivity contribution is 5.50. The second-order valence-corrected chi connectivity index (χ2v) is 5.24. The highest BCUT2D eigenvalue weighted by atomic mass is 14.9. The Morgan fingerprint density at radius 1 is 1.19 bits per heavy atom. The summed E-state index contributed by atoms with van der Waals surface area (Å²) in [5.41, 5.74) is 4.42. The van der Waals surface area contributed by atoms with Crippen molar-refractivity contribution in [1.82, 2.24) is 0 Å². The van der Waals surface area contributed by atoms with Crippen LogP contribution in [0.25, 0.3) is 0 Å². The molecule has 0 radical (unpaired) electrons. The van der Waals surface area contributed by atoms with E-state index in [1.807, 2.05) is 0 Å². The molecule has 2 rings (SSSR count). The Kier molecular flexibility index (Phi) is 3.52. The van der Waals surface area contributed by atoms with Gasteiger partial charge in [-0.1, -0.05) is 26.8 Å². The lowest BCUT2D eigenvalue weighted by atomic mass is 10.0. The largest absolute Gasteiger partial charge is 0.382 e. The third-order valence-electron chi connectivity index (χ3n) is 3.70. The lowest BCUT2D eigenvalue weighted by molar-refractivity contribution is 0.511. The first kappa shape index (κ1) is 11.5. The van der Waals surface area contributed by atoms with E-state index in [2.05, 4.69) is 44.3 Å². The fourth-order valence-electron chi connectivity index (χ4n) is 2.62. The van der Waals surface area contributed by atoms with E-state index in [4.69, 9.17) is 0 Å². The normalized spacial score (nSPS) is 16.2. The molecule has 0 aromatic heterocycles. The van der Waals surface area contributed by atoms with Gasteiger partial charge in [-0.05, 0) is 54.9 Å². The minimum atomic E-state index is 0.597. The molecule has 1 aromatic carbocycles. The maximum atomic E-state index is 3.66. The first-order valence-electron chi connectivity index (χ1n) is 6.59. The molecule has 16 heavy (non-hydrogen) atoms. The monoisotopic (exact) mass is 217 g/mol. The van der Waals surface area contributed by atoms with Crippen LogP contribution in [0.5, 0.6) is 0 Å². The molecule has 0 bridgehead atoms. The number of nitrogens with one attached hydrogen (secondary N) is 1. The van der Waals surface area contributed by atoms with Crippen molar-refractivity contribution in [1.29, 1.82) is 0 Å². The third-order valence-corrected chi connectivity index (χ3v) is 3.70. The molecule has 0 heterocycles. The van der Waals surface area contributed by atoms with Gasteiger partial charge in [-0.2, -0.15) is 0 Å². The van der Waals surface area contributed by atoms with Crippen molar-refractivity contribution in [3.63, 3.8) is 0 Å². The van der Waals surface area contributed by atoms with Crippen molar-refractivity contribution in [3.8, 4) is 0 Å². The lowest BCUT2D eigenvalue weighted by Crippen LogP contribution is -2.24. The summed E-state index contributed by atoms with van der Waals surface area (Å²) in [7, 11) is 0. The predicted octanol–water partition coefficient (Wildman–Crippen LogP) is 4.02. The van der Waals surface area contributed by atoms with Crippen LogP contribution >= 0.6 is 0 Å². The van der Waals surface area contributed by atoms with E-state index in [-0.39, 0.29) is 0 Å². The number of rotatable bonds is 4. The zero-order valence-electron chi connectivity index (χ0n) is 10.7. The van der Waals surface area contributed by atoms with E-state index >= 15 is 0 Å². The molecule has 1 aliphatic carbocycles. The van der Waals surface area contributed by atoms with Gasteiger partial charge < -0.3 is 5.32 Å². The number of hydrogen-bond acceptors (Lipinski definition) is 1. The summed E-state index contributed by atoms with van der Waals surface area (Å²) in [6, 6.07) is 7.50. The average molecular weight is 217 g/mol. The quantitative estimate of drug-likeness (QED) is 0.803. The molecule has 0 aliphatic heterocycles. The van der Waals surface area contributed by atoms with Crippen molar-refractivity contribution >= 4 is 5.69 Å². The van der Waals surface area contributed by atoms with Crippen LogP contribution in [0.15, 0.2) is 18.2 Å². The second kappa shape index (κ2) is 4.90. The Hall–Kier alpha value is -0.980. The van der Waals surface area contributed by atoms with Crippen LogP contribution in [0.2, 0.25) is 0 Å².